The Morgan fingerprint density at radius 2 is 2.08 bits per heavy atom. The van der Waals surface area contributed by atoms with Crippen LogP contribution >= 0.6 is 24.0 Å². The SMILES string of the molecule is Cl.Clc1cccc(C2CNC2)c1. The van der Waals surface area contributed by atoms with E-state index in [1.54, 1.807) is 0 Å². The van der Waals surface area contributed by atoms with Crippen LogP contribution in [0.2, 0.25) is 5.02 Å². The van der Waals surface area contributed by atoms with Gasteiger partial charge in [-0.2, -0.15) is 0 Å². The molecule has 0 aromatic heterocycles. The van der Waals surface area contributed by atoms with Gasteiger partial charge in [0.2, 0.25) is 0 Å². The maximum Gasteiger partial charge on any atom is 0.0408 e. The third kappa shape index (κ3) is 1.92. The molecule has 1 fully saturated rings. The zero-order valence-electron chi connectivity index (χ0n) is 6.59. The van der Waals surface area contributed by atoms with Gasteiger partial charge in [0.25, 0.3) is 0 Å². The van der Waals surface area contributed by atoms with E-state index in [4.69, 9.17) is 11.6 Å². The summed E-state index contributed by atoms with van der Waals surface area (Å²) in [5.74, 6) is 0.689. The zero-order chi connectivity index (χ0) is 7.68. The van der Waals surface area contributed by atoms with Crippen LogP contribution in [0.4, 0.5) is 0 Å². The second kappa shape index (κ2) is 4.13. The molecule has 0 atom stereocenters. The number of nitrogens with one attached hydrogen (secondary N) is 1. The molecule has 1 aromatic carbocycles. The standard InChI is InChI=1S/C9H10ClN.ClH/c10-9-3-1-2-7(4-9)8-5-11-6-8;/h1-4,8,11H,5-6H2;1H. The summed E-state index contributed by atoms with van der Waals surface area (Å²) in [6.07, 6.45) is 0. The molecule has 3 heteroatoms. The van der Waals surface area contributed by atoms with Crippen molar-refractivity contribution in [3.8, 4) is 0 Å². The lowest BCUT2D eigenvalue weighted by atomic mass is 9.94. The van der Waals surface area contributed by atoms with E-state index in [2.05, 4.69) is 11.4 Å². The van der Waals surface area contributed by atoms with Gasteiger partial charge in [0.15, 0.2) is 0 Å². The Balaban J connectivity index is 0.000000720. The maximum atomic E-state index is 5.85. The molecule has 0 bridgehead atoms. The lowest BCUT2D eigenvalue weighted by molar-refractivity contribution is 0.448. The van der Waals surface area contributed by atoms with Gasteiger partial charge in [-0.25, -0.2) is 0 Å². The highest BCUT2D eigenvalue weighted by molar-refractivity contribution is 6.30. The fourth-order valence-electron chi connectivity index (χ4n) is 1.28. The monoisotopic (exact) mass is 203 g/mol. The van der Waals surface area contributed by atoms with Crippen molar-refractivity contribution in [2.45, 2.75) is 5.92 Å². The number of hydrogen-bond donors (Lipinski definition) is 1. The van der Waals surface area contributed by atoms with E-state index in [9.17, 15) is 0 Å². The van der Waals surface area contributed by atoms with E-state index in [-0.39, 0.29) is 12.4 Å². The van der Waals surface area contributed by atoms with Crippen molar-refractivity contribution in [1.29, 1.82) is 0 Å². The van der Waals surface area contributed by atoms with Crippen molar-refractivity contribution in [3.63, 3.8) is 0 Å². The summed E-state index contributed by atoms with van der Waals surface area (Å²) >= 11 is 5.85. The highest BCUT2D eigenvalue weighted by Crippen LogP contribution is 2.22. The molecule has 0 amide bonds. The predicted molar refractivity (Wildman–Crippen MR) is 54.3 cm³/mol. The van der Waals surface area contributed by atoms with E-state index >= 15 is 0 Å². The summed E-state index contributed by atoms with van der Waals surface area (Å²) in [6.45, 7) is 2.20. The summed E-state index contributed by atoms with van der Waals surface area (Å²) in [6, 6.07) is 8.11. The lowest BCUT2D eigenvalue weighted by Gasteiger charge is -2.27. The van der Waals surface area contributed by atoms with Gasteiger partial charge in [0.05, 0.1) is 0 Å². The Labute approximate surface area is 83.5 Å². The molecule has 1 heterocycles. The molecule has 0 saturated carbocycles. The quantitative estimate of drug-likeness (QED) is 0.740. The molecule has 0 radical (unpaired) electrons. The van der Waals surface area contributed by atoms with E-state index in [0.717, 1.165) is 18.1 Å². The third-order valence-electron chi connectivity index (χ3n) is 2.10. The van der Waals surface area contributed by atoms with Gasteiger partial charge >= 0.3 is 0 Å². The van der Waals surface area contributed by atoms with E-state index in [1.807, 2.05) is 18.2 Å². The van der Waals surface area contributed by atoms with Crippen molar-refractivity contribution in [2.75, 3.05) is 13.1 Å². The van der Waals surface area contributed by atoms with Crippen molar-refractivity contribution in [2.24, 2.45) is 0 Å². The second-order valence-electron chi connectivity index (χ2n) is 2.91. The van der Waals surface area contributed by atoms with Gasteiger partial charge in [-0.05, 0) is 17.7 Å². The minimum absolute atomic E-state index is 0. The number of benzene rings is 1. The Hall–Kier alpha value is -0.240. The molecule has 0 aliphatic carbocycles. The van der Waals surface area contributed by atoms with Crippen LogP contribution in [-0.2, 0) is 0 Å². The molecule has 1 aliphatic heterocycles. The van der Waals surface area contributed by atoms with E-state index < -0.39 is 0 Å². The smallest absolute Gasteiger partial charge is 0.0408 e. The van der Waals surface area contributed by atoms with Gasteiger partial charge in [0, 0.05) is 24.0 Å². The molecular formula is C9H11Cl2N. The number of hydrogen-bond acceptors (Lipinski definition) is 1. The van der Waals surface area contributed by atoms with Gasteiger partial charge < -0.3 is 5.32 Å². The summed E-state index contributed by atoms with van der Waals surface area (Å²) in [4.78, 5) is 0. The normalized spacial score (nSPS) is 16.4. The first-order valence-electron chi connectivity index (χ1n) is 3.82. The zero-order valence-corrected chi connectivity index (χ0v) is 8.16. The summed E-state index contributed by atoms with van der Waals surface area (Å²) in [5, 5.41) is 4.08. The summed E-state index contributed by atoms with van der Waals surface area (Å²) in [5.41, 5.74) is 1.36. The van der Waals surface area contributed by atoms with E-state index in [1.165, 1.54) is 5.56 Å². The van der Waals surface area contributed by atoms with Crippen LogP contribution in [0.1, 0.15) is 11.5 Å². The molecule has 12 heavy (non-hydrogen) atoms. The molecular weight excluding hydrogens is 193 g/mol. The average molecular weight is 204 g/mol. The molecule has 1 saturated heterocycles. The largest absolute Gasteiger partial charge is 0.315 e. The van der Waals surface area contributed by atoms with Gasteiger partial charge in [-0.1, -0.05) is 23.7 Å². The van der Waals surface area contributed by atoms with Crippen LogP contribution in [0, 0.1) is 0 Å². The third-order valence-corrected chi connectivity index (χ3v) is 2.34. The Kier molecular flexibility index (Phi) is 3.39. The van der Waals surface area contributed by atoms with Crippen LogP contribution < -0.4 is 5.32 Å². The highest BCUT2D eigenvalue weighted by atomic mass is 35.5. The van der Waals surface area contributed by atoms with Gasteiger partial charge in [-0.3, -0.25) is 0 Å². The predicted octanol–water partition coefficient (Wildman–Crippen LogP) is 2.45. The molecule has 1 N–H and O–H groups in total. The topological polar surface area (TPSA) is 12.0 Å². The fraction of sp³-hybridized carbons (Fsp3) is 0.333. The van der Waals surface area contributed by atoms with Crippen molar-refractivity contribution >= 4 is 24.0 Å². The minimum atomic E-state index is 0. The maximum absolute atomic E-state index is 5.85. The van der Waals surface area contributed by atoms with Crippen LogP contribution in [0.25, 0.3) is 0 Å². The molecule has 1 aromatic rings. The molecule has 0 unspecified atom stereocenters. The Morgan fingerprint density at radius 3 is 2.58 bits per heavy atom. The van der Waals surface area contributed by atoms with Crippen LogP contribution in [0.3, 0.4) is 0 Å². The first-order chi connectivity index (χ1) is 5.36. The van der Waals surface area contributed by atoms with E-state index in [0.29, 0.717) is 5.92 Å². The fourth-order valence-corrected chi connectivity index (χ4v) is 1.48. The van der Waals surface area contributed by atoms with Crippen molar-refractivity contribution < 1.29 is 0 Å². The van der Waals surface area contributed by atoms with Crippen molar-refractivity contribution in [3.05, 3.63) is 34.9 Å². The first-order valence-corrected chi connectivity index (χ1v) is 4.20. The highest BCUT2D eigenvalue weighted by Gasteiger charge is 2.18. The average Bonchev–Trinajstić information content (AvgIpc) is 1.83. The van der Waals surface area contributed by atoms with Gasteiger partial charge in [-0.15, -0.1) is 12.4 Å². The molecule has 66 valence electrons. The number of halogens is 2. The molecule has 0 spiro atoms. The van der Waals surface area contributed by atoms with Crippen LogP contribution in [0.5, 0.6) is 0 Å². The first kappa shape index (κ1) is 9.85. The second-order valence-corrected chi connectivity index (χ2v) is 3.35. The lowest BCUT2D eigenvalue weighted by Crippen LogP contribution is -2.39. The summed E-state index contributed by atoms with van der Waals surface area (Å²) in [7, 11) is 0. The van der Waals surface area contributed by atoms with Gasteiger partial charge in [0.1, 0.15) is 0 Å². The molecule has 1 nitrogen and oxygen atoms in total. The Morgan fingerprint density at radius 1 is 1.33 bits per heavy atom. The minimum Gasteiger partial charge on any atom is -0.315 e. The van der Waals surface area contributed by atoms with Crippen LogP contribution in [-0.4, -0.2) is 13.1 Å². The molecule has 1 aliphatic rings. The number of rotatable bonds is 1. The Bertz CT molecular complexity index is 258. The summed E-state index contributed by atoms with van der Waals surface area (Å²) < 4.78 is 0. The van der Waals surface area contributed by atoms with Crippen LogP contribution in [0.15, 0.2) is 24.3 Å². The van der Waals surface area contributed by atoms with Crippen molar-refractivity contribution in [1.82, 2.24) is 5.32 Å². The molecule has 2 rings (SSSR count).